The first-order valence-electron chi connectivity index (χ1n) is 0.617. The molecule has 0 rings (SSSR count). The third-order valence-corrected chi connectivity index (χ3v) is 0. The fraction of sp³-hybridized carbons (Fsp3) is 0. The first kappa shape index (κ1) is 15.7. The van der Waals surface area contributed by atoms with Crippen molar-refractivity contribution < 1.29 is 69.0 Å². The van der Waals surface area contributed by atoms with Gasteiger partial charge in [-0.2, -0.15) is 4.11 Å². The van der Waals surface area contributed by atoms with Crippen LogP contribution in [0.2, 0.25) is 0 Å². The Morgan fingerprint density at radius 1 is 1.83 bits per heavy atom. The molecule has 0 heterocycles. The molecule has 0 bridgehead atoms. The minimum absolute atomic E-state index is 0. The molecule has 1 N–H and O–H groups in total. The van der Waals surface area contributed by atoms with Gasteiger partial charge in [0, 0.05) is 0 Å². The van der Waals surface area contributed by atoms with Gasteiger partial charge < -0.3 is 9.08 Å². The Kier molecular flexibility index (Phi) is 26.7. The summed E-state index contributed by atoms with van der Waals surface area (Å²) in [4.78, 5) is 6.94. The molecule has 0 radical (unpaired) electrons. The van der Waals surface area contributed by atoms with Gasteiger partial charge in [-0.15, -0.1) is 0 Å². The zero-order valence-corrected chi connectivity index (χ0v) is 8.98. The fourth-order valence-corrected chi connectivity index (χ4v) is 0. The molecule has 0 unspecified atom stereocenters. The third-order valence-electron chi connectivity index (χ3n) is 0. The van der Waals surface area contributed by atoms with E-state index in [9.17, 15) is 4.11 Å². The van der Waals surface area contributed by atoms with Gasteiger partial charge in [-0.05, 0) is 0 Å². The first-order chi connectivity index (χ1) is 1.73. The van der Waals surface area contributed by atoms with Crippen molar-refractivity contribution in [3.63, 3.8) is 0 Å². The van der Waals surface area contributed by atoms with Crippen LogP contribution in [0.25, 0.3) is 0 Å². The van der Waals surface area contributed by atoms with Crippen molar-refractivity contribution in [3.05, 3.63) is 0 Å². The Bertz CT molecular complexity index is 44.8. The van der Waals surface area contributed by atoms with E-state index in [4.69, 9.17) is 9.26 Å². The van der Waals surface area contributed by atoms with E-state index in [1.54, 1.807) is 0 Å². The zero-order valence-electron chi connectivity index (χ0n) is 6.44. The summed E-state index contributed by atoms with van der Waals surface area (Å²) < 4.78 is 18.6. The van der Waals surface area contributed by atoms with Crippen LogP contribution in [0.4, 0.5) is 4.11 Å². The van der Waals surface area contributed by atoms with Gasteiger partial charge >= 0.3 is 83.7 Å². The molecule has 0 aromatic rings. The van der Waals surface area contributed by atoms with Gasteiger partial charge in [-0.1, -0.05) is 0 Å². The van der Waals surface area contributed by atoms with Gasteiger partial charge in [-0.25, -0.2) is 0 Å². The predicted molar refractivity (Wildman–Crippen MR) is 18.9 cm³/mol. The Morgan fingerprint density at radius 2 is 1.83 bits per heavy atom. The standard InChI is InChI=1S/FHO2Si.K.Mg.3H/c1-4(2)3;;;;;/h2H;;;;;/q;+1;+2;3*-1. The number of hydrogen-bond acceptors (Lipinski definition) is 1. The normalized spacial score (nSPS) is 4.17. The summed E-state index contributed by atoms with van der Waals surface area (Å²) in [5, 5.41) is 0. The predicted octanol–water partition coefficient (Wildman–Crippen LogP) is -3.68. The Labute approximate surface area is 99.5 Å². The van der Waals surface area contributed by atoms with Crippen LogP contribution >= 0.6 is 0 Å². The molecule has 2 nitrogen and oxygen atoms in total. The number of rotatable bonds is 0. The number of halogens is 1. The van der Waals surface area contributed by atoms with Crippen LogP contribution in [0.1, 0.15) is 4.28 Å². The maximum absolute atomic E-state index is 10.1. The van der Waals surface area contributed by atoms with Crippen molar-refractivity contribution in [3.8, 4) is 0 Å². The van der Waals surface area contributed by atoms with E-state index < -0.39 is 9.26 Å². The molecule has 0 fully saturated rings. The summed E-state index contributed by atoms with van der Waals surface area (Å²) >= 11 is 0. The third kappa shape index (κ3) is 35.3. The zero-order chi connectivity index (χ0) is 3.58. The summed E-state index contributed by atoms with van der Waals surface area (Å²) in [7, 11) is -3.63. The van der Waals surface area contributed by atoms with E-state index in [-0.39, 0.29) is 78.7 Å². The van der Waals surface area contributed by atoms with E-state index in [0.29, 0.717) is 0 Å². The quantitative estimate of drug-likeness (QED) is 0.283. The molecule has 6 heavy (non-hydrogen) atoms. The molecule has 0 aromatic heterocycles. The van der Waals surface area contributed by atoms with Crippen molar-refractivity contribution in [1.82, 2.24) is 0 Å². The second-order valence-electron chi connectivity index (χ2n) is 0.253. The topological polar surface area (TPSA) is 37.3 Å². The molecule has 0 spiro atoms. The SMILES string of the molecule is O=[Si](O)F.[H-].[H-].[H-].[K+].[Mg+2]. The van der Waals surface area contributed by atoms with Gasteiger partial charge in [-0.3, -0.25) is 4.46 Å². The van der Waals surface area contributed by atoms with Gasteiger partial charge in [0.25, 0.3) is 0 Å². The Balaban J connectivity index is -0.00000000450. The maximum atomic E-state index is 10.1. The van der Waals surface area contributed by atoms with Gasteiger partial charge in [0.05, 0.1) is 0 Å². The molecule has 0 aliphatic carbocycles. The molecule has 0 atom stereocenters. The van der Waals surface area contributed by atoms with Crippen LogP contribution in [-0.2, 0) is 4.46 Å². The van der Waals surface area contributed by atoms with Gasteiger partial charge in [0.1, 0.15) is 0 Å². The van der Waals surface area contributed by atoms with Gasteiger partial charge in [0.2, 0.25) is 0 Å². The second kappa shape index (κ2) is 10.2. The Hall–Kier alpha value is 2.15. The minimum atomic E-state index is -3.63. The molecule has 0 aliphatic heterocycles. The molecule has 30 valence electrons. The minimum Gasteiger partial charge on any atom is -1.00 e. The van der Waals surface area contributed by atoms with Crippen molar-refractivity contribution in [1.29, 1.82) is 0 Å². The summed E-state index contributed by atoms with van der Waals surface area (Å²) in [6.07, 6.45) is 0. The van der Waals surface area contributed by atoms with Crippen molar-refractivity contribution in [2.45, 2.75) is 0 Å². The van der Waals surface area contributed by atoms with Crippen LogP contribution in [-0.4, -0.2) is 37.1 Å². The van der Waals surface area contributed by atoms with Crippen molar-refractivity contribution >= 4 is 32.3 Å². The molecule has 0 aliphatic rings. The smallest absolute Gasteiger partial charge is 1.00 e. The van der Waals surface area contributed by atoms with E-state index in [0.717, 1.165) is 0 Å². The van der Waals surface area contributed by atoms with Gasteiger partial charge in [0.15, 0.2) is 0 Å². The van der Waals surface area contributed by atoms with Crippen LogP contribution in [0.5, 0.6) is 0 Å². The van der Waals surface area contributed by atoms with E-state index >= 15 is 0 Å². The molecule has 0 aromatic carbocycles. The summed E-state index contributed by atoms with van der Waals surface area (Å²) in [6, 6.07) is 0. The van der Waals surface area contributed by atoms with Crippen molar-refractivity contribution in [2.24, 2.45) is 0 Å². The largest absolute Gasteiger partial charge is 2.00 e. The summed E-state index contributed by atoms with van der Waals surface area (Å²) in [6.45, 7) is 0. The van der Waals surface area contributed by atoms with E-state index in [2.05, 4.69) is 0 Å². The maximum Gasteiger partial charge on any atom is 2.00 e. The molecule has 0 amide bonds. The fourth-order valence-electron chi connectivity index (χ4n) is 0. The van der Waals surface area contributed by atoms with E-state index in [1.165, 1.54) is 0 Å². The van der Waals surface area contributed by atoms with Crippen molar-refractivity contribution in [2.75, 3.05) is 0 Å². The average molecular weight is 147 g/mol. The molecular formula is H4FKMgO2Si. The number of hydrogen-bond donors (Lipinski definition) is 1. The van der Waals surface area contributed by atoms with Crippen LogP contribution in [0.15, 0.2) is 0 Å². The summed E-state index contributed by atoms with van der Waals surface area (Å²) in [5.74, 6) is 0. The van der Waals surface area contributed by atoms with Crippen LogP contribution < -0.4 is 51.4 Å². The molecule has 0 saturated carbocycles. The second-order valence-corrected chi connectivity index (χ2v) is 0.759. The summed E-state index contributed by atoms with van der Waals surface area (Å²) in [5.41, 5.74) is 0. The molecular weight excluding hydrogens is 142 g/mol. The molecule has 6 heteroatoms. The van der Waals surface area contributed by atoms with E-state index in [1.807, 2.05) is 0 Å². The molecule has 0 saturated heterocycles. The Morgan fingerprint density at radius 3 is 1.83 bits per heavy atom. The van der Waals surface area contributed by atoms with Crippen LogP contribution in [0.3, 0.4) is 0 Å². The average Bonchev–Trinajstić information content (AvgIpc) is 0.811. The van der Waals surface area contributed by atoms with Crippen LogP contribution in [0, 0.1) is 0 Å². The first-order valence-corrected chi connectivity index (χ1v) is 1.85. The monoisotopic (exact) mass is 146 g/mol.